The monoisotopic (exact) mass is 470 g/mol. The van der Waals surface area contributed by atoms with E-state index in [1.165, 1.54) is 18.2 Å². The third kappa shape index (κ3) is 7.83. The van der Waals surface area contributed by atoms with Gasteiger partial charge in [-0.15, -0.1) is 0 Å². The normalized spacial score (nSPS) is 11.7. The minimum Gasteiger partial charge on any atom is -0.386 e. The van der Waals surface area contributed by atoms with Crippen molar-refractivity contribution >= 4 is 17.9 Å². The zero-order valence-corrected chi connectivity index (χ0v) is 20.2. The number of aliphatic hydroxyl groups is 1. The molecule has 178 valence electrons. The molecule has 0 bridgehead atoms. The van der Waals surface area contributed by atoms with Crippen LogP contribution in [0.1, 0.15) is 87.6 Å². The van der Waals surface area contributed by atoms with Crippen molar-refractivity contribution in [2.75, 3.05) is 0 Å². The van der Waals surface area contributed by atoms with Crippen LogP contribution in [-0.4, -0.2) is 11.0 Å². The molecule has 2 aromatic carbocycles. The standard InChI is InChI=1S/C15H21F2NO.C9H12FNOS/c1-8(2)11-5-10(15(16)17)6-12(9(3)4)13(11)7-14(18)19;1-9(2,12)6-3-4-8(13-11)7(10)5-6/h5-6,8-9,15H,7H2,1-4H3,(H2,18,19);3-5,12H,11H2,1-2H3. The minimum absolute atomic E-state index is 0.0145. The van der Waals surface area contributed by atoms with Crippen LogP contribution in [-0.2, 0) is 16.8 Å². The topological polar surface area (TPSA) is 89.3 Å². The minimum atomic E-state index is -2.50. The van der Waals surface area contributed by atoms with E-state index in [1.54, 1.807) is 26.0 Å². The number of carbonyl (C=O) groups excluding carboxylic acids is 1. The predicted octanol–water partition coefficient (Wildman–Crippen LogP) is 5.92. The second kappa shape index (κ2) is 11.7. The molecule has 0 aliphatic carbocycles. The maximum Gasteiger partial charge on any atom is 0.263 e. The number of alkyl halides is 2. The maximum atomic E-state index is 13.2. The van der Waals surface area contributed by atoms with Crippen molar-refractivity contribution in [3.05, 3.63) is 64.0 Å². The number of hydrogen-bond acceptors (Lipinski definition) is 4. The van der Waals surface area contributed by atoms with Crippen LogP contribution < -0.4 is 10.9 Å². The van der Waals surface area contributed by atoms with Gasteiger partial charge in [-0.3, -0.25) is 9.93 Å². The molecule has 4 nitrogen and oxygen atoms in total. The van der Waals surface area contributed by atoms with E-state index in [0.717, 1.165) is 28.6 Å². The van der Waals surface area contributed by atoms with Gasteiger partial charge in [-0.05, 0) is 84.2 Å². The van der Waals surface area contributed by atoms with E-state index >= 15 is 0 Å². The summed E-state index contributed by atoms with van der Waals surface area (Å²) >= 11 is 0.858. The number of hydrogen-bond donors (Lipinski definition) is 3. The maximum absolute atomic E-state index is 13.2. The summed E-state index contributed by atoms with van der Waals surface area (Å²) in [6.07, 6.45) is -2.40. The van der Waals surface area contributed by atoms with Gasteiger partial charge in [-0.1, -0.05) is 33.8 Å². The first kappa shape index (κ1) is 28.0. The molecule has 0 atom stereocenters. The van der Waals surface area contributed by atoms with Crippen LogP contribution in [0.3, 0.4) is 0 Å². The molecular formula is C24H33F3N2O2S. The number of amides is 1. The fourth-order valence-electron chi connectivity index (χ4n) is 3.25. The average molecular weight is 471 g/mol. The molecule has 0 aliphatic heterocycles. The Labute approximate surface area is 192 Å². The van der Waals surface area contributed by atoms with E-state index in [1.807, 2.05) is 27.7 Å². The van der Waals surface area contributed by atoms with Gasteiger partial charge in [0.15, 0.2) is 0 Å². The molecule has 2 rings (SSSR count). The molecule has 0 heterocycles. The first-order chi connectivity index (χ1) is 14.7. The second-order valence-corrected chi connectivity index (χ2v) is 9.43. The fraction of sp³-hybridized carbons (Fsp3) is 0.458. The summed E-state index contributed by atoms with van der Waals surface area (Å²) in [5.41, 5.74) is 7.21. The molecule has 0 saturated carbocycles. The van der Waals surface area contributed by atoms with Crippen molar-refractivity contribution < 1.29 is 23.1 Å². The third-order valence-corrected chi connectivity index (χ3v) is 5.54. The van der Waals surface area contributed by atoms with E-state index in [-0.39, 0.29) is 23.8 Å². The van der Waals surface area contributed by atoms with Gasteiger partial charge in [0, 0.05) is 5.56 Å². The van der Waals surface area contributed by atoms with Gasteiger partial charge in [-0.2, -0.15) is 0 Å². The first-order valence-electron chi connectivity index (χ1n) is 10.3. The number of carbonyl (C=O) groups is 1. The van der Waals surface area contributed by atoms with Crippen LogP contribution in [0, 0.1) is 5.82 Å². The Kier molecular flexibility index (Phi) is 10.3. The van der Waals surface area contributed by atoms with Crippen LogP contribution in [0.15, 0.2) is 35.2 Å². The van der Waals surface area contributed by atoms with Gasteiger partial charge in [0.2, 0.25) is 5.91 Å². The molecule has 2 aromatic rings. The molecule has 8 heteroatoms. The summed E-state index contributed by atoms with van der Waals surface area (Å²) in [7, 11) is 0. The Balaban J connectivity index is 0.000000343. The average Bonchev–Trinajstić information content (AvgIpc) is 2.66. The zero-order chi connectivity index (χ0) is 24.8. The highest BCUT2D eigenvalue weighted by atomic mass is 32.2. The molecule has 0 radical (unpaired) electrons. The smallest absolute Gasteiger partial charge is 0.263 e. The Hall–Kier alpha value is -2.03. The van der Waals surface area contributed by atoms with E-state index in [4.69, 9.17) is 10.9 Å². The van der Waals surface area contributed by atoms with Crippen LogP contribution in [0.2, 0.25) is 0 Å². The molecule has 5 N–H and O–H groups in total. The predicted molar refractivity (Wildman–Crippen MR) is 124 cm³/mol. The Bertz CT molecular complexity index is 897. The molecule has 0 saturated heterocycles. The first-order valence-corrected chi connectivity index (χ1v) is 11.2. The summed E-state index contributed by atoms with van der Waals surface area (Å²) in [4.78, 5) is 11.6. The van der Waals surface area contributed by atoms with E-state index in [2.05, 4.69) is 0 Å². The lowest BCUT2D eigenvalue weighted by molar-refractivity contribution is -0.117. The molecule has 32 heavy (non-hydrogen) atoms. The SMILES string of the molecule is CC(C)(O)c1ccc(SN)c(F)c1.CC(C)c1cc(C(F)F)cc(C(C)C)c1CC(N)=O. The van der Waals surface area contributed by atoms with Crippen LogP contribution in [0.5, 0.6) is 0 Å². The van der Waals surface area contributed by atoms with E-state index in [9.17, 15) is 23.1 Å². The lowest BCUT2D eigenvalue weighted by Crippen LogP contribution is -2.17. The summed E-state index contributed by atoms with van der Waals surface area (Å²) in [6, 6.07) is 7.53. The van der Waals surface area contributed by atoms with Gasteiger partial charge >= 0.3 is 0 Å². The summed E-state index contributed by atoms with van der Waals surface area (Å²) < 4.78 is 39.1. The second-order valence-electron chi connectivity index (χ2n) is 8.75. The van der Waals surface area contributed by atoms with Crippen molar-refractivity contribution in [1.82, 2.24) is 0 Å². The molecule has 0 unspecified atom stereocenters. The molecule has 0 aromatic heterocycles. The van der Waals surface area contributed by atoms with Crippen molar-refractivity contribution in [3.8, 4) is 0 Å². The van der Waals surface area contributed by atoms with Gasteiger partial charge in [0.05, 0.1) is 16.9 Å². The highest BCUT2D eigenvalue weighted by molar-refractivity contribution is 7.97. The Morgan fingerprint density at radius 1 is 1.06 bits per heavy atom. The fourth-order valence-corrected chi connectivity index (χ4v) is 3.57. The van der Waals surface area contributed by atoms with Gasteiger partial charge in [-0.25, -0.2) is 13.2 Å². The van der Waals surface area contributed by atoms with Gasteiger partial charge in [0.25, 0.3) is 6.43 Å². The third-order valence-electron chi connectivity index (χ3n) is 4.95. The molecule has 0 fully saturated rings. The molecular weight excluding hydrogens is 437 g/mol. The Morgan fingerprint density at radius 2 is 1.56 bits per heavy atom. The summed E-state index contributed by atoms with van der Waals surface area (Å²) in [6.45, 7) is 10.9. The lowest BCUT2D eigenvalue weighted by Gasteiger charge is -2.20. The van der Waals surface area contributed by atoms with Crippen molar-refractivity contribution in [2.45, 2.75) is 76.7 Å². The molecule has 0 spiro atoms. The highest BCUT2D eigenvalue weighted by Gasteiger charge is 2.20. The quantitative estimate of drug-likeness (QED) is 0.438. The van der Waals surface area contributed by atoms with Crippen LogP contribution >= 0.6 is 11.9 Å². The number of primary amides is 1. The highest BCUT2D eigenvalue weighted by Crippen LogP contribution is 2.33. The van der Waals surface area contributed by atoms with Crippen LogP contribution in [0.4, 0.5) is 13.2 Å². The van der Waals surface area contributed by atoms with Crippen molar-refractivity contribution in [3.63, 3.8) is 0 Å². The van der Waals surface area contributed by atoms with Gasteiger partial charge in [0.1, 0.15) is 5.82 Å². The number of nitrogens with two attached hydrogens (primary N) is 2. The van der Waals surface area contributed by atoms with E-state index < -0.39 is 23.8 Å². The largest absolute Gasteiger partial charge is 0.386 e. The molecule has 1 amide bonds. The zero-order valence-electron chi connectivity index (χ0n) is 19.4. The van der Waals surface area contributed by atoms with Crippen LogP contribution in [0.25, 0.3) is 0 Å². The Morgan fingerprint density at radius 3 is 1.88 bits per heavy atom. The summed E-state index contributed by atoms with van der Waals surface area (Å²) in [5.74, 6) is -0.683. The number of rotatable bonds is 7. The lowest BCUT2D eigenvalue weighted by atomic mass is 9.85. The number of halogens is 3. The van der Waals surface area contributed by atoms with Gasteiger partial charge < -0.3 is 10.8 Å². The number of benzene rings is 2. The summed E-state index contributed by atoms with van der Waals surface area (Å²) in [5, 5.41) is 14.8. The van der Waals surface area contributed by atoms with Crippen molar-refractivity contribution in [2.24, 2.45) is 10.9 Å². The van der Waals surface area contributed by atoms with E-state index in [0.29, 0.717) is 10.5 Å². The van der Waals surface area contributed by atoms with Crippen molar-refractivity contribution in [1.29, 1.82) is 0 Å². The molecule has 0 aliphatic rings.